The van der Waals surface area contributed by atoms with Crippen molar-refractivity contribution in [1.29, 1.82) is 0 Å². The third kappa shape index (κ3) is 5.13. The molecule has 2 aromatic carbocycles. The Labute approximate surface area is 174 Å². The quantitative estimate of drug-likeness (QED) is 0.683. The second kappa shape index (κ2) is 9.24. The van der Waals surface area contributed by atoms with Crippen LogP contribution in [0, 0.1) is 5.92 Å². The molecule has 0 bridgehead atoms. The summed E-state index contributed by atoms with van der Waals surface area (Å²) in [6.45, 7) is 6.43. The standard InChI is InChI=1S/C22H25BrN2O3/c1-15(2)14-28-20-10-7-17(13-19(20)23)21(26)24-18-8-5-16(6-9-18)22(27)25-11-3-4-12-25/h5-10,13,15H,3-4,11-12,14H2,1-2H3,(H,24,26). The molecule has 2 amide bonds. The number of carbonyl (C=O) groups is 2. The van der Waals surface area contributed by atoms with Crippen LogP contribution in [0.15, 0.2) is 46.9 Å². The third-order valence-corrected chi connectivity index (χ3v) is 5.17. The number of nitrogens with one attached hydrogen (secondary N) is 1. The van der Waals surface area contributed by atoms with E-state index >= 15 is 0 Å². The molecule has 0 saturated carbocycles. The SMILES string of the molecule is CC(C)COc1ccc(C(=O)Nc2ccc(C(=O)N3CCCC3)cc2)cc1Br. The number of anilines is 1. The lowest BCUT2D eigenvalue weighted by Crippen LogP contribution is -2.27. The molecule has 6 heteroatoms. The first kappa shape index (κ1) is 20.4. The van der Waals surface area contributed by atoms with Crippen molar-refractivity contribution < 1.29 is 14.3 Å². The van der Waals surface area contributed by atoms with Crippen molar-refractivity contribution in [2.24, 2.45) is 5.92 Å². The van der Waals surface area contributed by atoms with Crippen LogP contribution in [0.4, 0.5) is 5.69 Å². The van der Waals surface area contributed by atoms with Crippen molar-refractivity contribution in [3.8, 4) is 5.75 Å². The van der Waals surface area contributed by atoms with Gasteiger partial charge in [-0.2, -0.15) is 0 Å². The van der Waals surface area contributed by atoms with Crippen LogP contribution in [-0.4, -0.2) is 36.4 Å². The predicted molar refractivity (Wildman–Crippen MR) is 114 cm³/mol. The van der Waals surface area contributed by atoms with Crippen molar-refractivity contribution in [3.05, 3.63) is 58.1 Å². The highest BCUT2D eigenvalue weighted by molar-refractivity contribution is 9.10. The third-order valence-electron chi connectivity index (χ3n) is 4.55. The van der Waals surface area contributed by atoms with Gasteiger partial charge in [0.2, 0.25) is 0 Å². The minimum Gasteiger partial charge on any atom is -0.492 e. The van der Waals surface area contributed by atoms with E-state index in [-0.39, 0.29) is 11.8 Å². The number of rotatable bonds is 6. The molecular formula is C22H25BrN2O3. The van der Waals surface area contributed by atoms with Crippen LogP contribution >= 0.6 is 15.9 Å². The predicted octanol–water partition coefficient (Wildman–Crippen LogP) is 4.97. The zero-order valence-electron chi connectivity index (χ0n) is 16.2. The molecule has 0 unspecified atom stereocenters. The van der Waals surface area contributed by atoms with Gasteiger partial charge in [-0.3, -0.25) is 9.59 Å². The summed E-state index contributed by atoms with van der Waals surface area (Å²) in [5, 5.41) is 2.87. The smallest absolute Gasteiger partial charge is 0.255 e. The lowest BCUT2D eigenvalue weighted by atomic mass is 10.1. The Balaban J connectivity index is 1.62. The number of likely N-dealkylation sites (tertiary alicyclic amines) is 1. The summed E-state index contributed by atoms with van der Waals surface area (Å²) in [5.74, 6) is 0.983. The van der Waals surface area contributed by atoms with E-state index in [0.717, 1.165) is 36.2 Å². The lowest BCUT2D eigenvalue weighted by Gasteiger charge is -2.15. The molecule has 0 aliphatic carbocycles. The molecule has 0 spiro atoms. The summed E-state index contributed by atoms with van der Waals surface area (Å²) in [4.78, 5) is 26.8. The zero-order chi connectivity index (χ0) is 20.1. The Morgan fingerprint density at radius 1 is 1.07 bits per heavy atom. The summed E-state index contributed by atoms with van der Waals surface area (Å²) in [6.07, 6.45) is 2.13. The van der Waals surface area contributed by atoms with Gasteiger partial charge in [0, 0.05) is 29.9 Å². The topological polar surface area (TPSA) is 58.6 Å². The van der Waals surface area contributed by atoms with E-state index in [1.165, 1.54) is 0 Å². The average Bonchev–Trinajstić information content (AvgIpc) is 3.21. The monoisotopic (exact) mass is 444 g/mol. The van der Waals surface area contributed by atoms with Gasteiger partial charge in [-0.15, -0.1) is 0 Å². The molecule has 0 radical (unpaired) electrons. The van der Waals surface area contributed by atoms with Gasteiger partial charge >= 0.3 is 0 Å². The number of hydrogen-bond acceptors (Lipinski definition) is 3. The van der Waals surface area contributed by atoms with Gasteiger partial charge in [0.25, 0.3) is 11.8 Å². The van der Waals surface area contributed by atoms with Gasteiger partial charge in [0.1, 0.15) is 5.75 Å². The fourth-order valence-electron chi connectivity index (χ4n) is 3.02. The molecule has 1 N–H and O–H groups in total. The van der Waals surface area contributed by atoms with Crippen molar-refractivity contribution in [3.63, 3.8) is 0 Å². The van der Waals surface area contributed by atoms with Gasteiger partial charge in [0.05, 0.1) is 11.1 Å². The molecule has 5 nitrogen and oxygen atoms in total. The molecular weight excluding hydrogens is 420 g/mol. The second-order valence-electron chi connectivity index (χ2n) is 7.38. The van der Waals surface area contributed by atoms with Gasteiger partial charge in [-0.1, -0.05) is 13.8 Å². The number of amides is 2. The molecule has 0 aromatic heterocycles. The van der Waals surface area contributed by atoms with Gasteiger partial charge < -0.3 is 15.0 Å². The van der Waals surface area contributed by atoms with Crippen LogP contribution in [0.2, 0.25) is 0 Å². The van der Waals surface area contributed by atoms with Crippen molar-refractivity contribution in [1.82, 2.24) is 4.90 Å². The van der Waals surface area contributed by atoms with E-state index in [2.05, 4.69) is 35.1 Å². The summed E-state index contributed by atoms with van der Waals surface area (Å²) in [7, 11) is 0. The Bertz CT molecular complexity index is 843. The van der Waals surface area contributed by atoms with E-state index in [4.69, 9.17) is 4.74 Å². The molecule has 1 fully saturated rings. The van der Waals surface area contributed by atoms with Crippen molar-refractivity contribution in [2.75, 3.05) is 25.0 Å². The summed E-state index contributed by atoms with van der Waals surface area (Å²) < 4.78 is 6.46. The molecule has 28 heavy (non-hydrogen) atoms. The number of benzene rings is 2. The fraction of sp³-hybridized carbons (Fsp3) is 0.364. The Morgan fingerprint density at radius 3 is 2.32 bits per heavy atom. The number of hydrogen-bond donors (Lipinski definition) is 1. The van der Waals surface area contributed by atoms with Crippen molar-refractivity contribution in [2.45, 2.75) is 26.7 Å². The molecule has 148 valence electrons. The summed E-state index contributed by atoms with van der Waals surface area (Å²) in [5.41, 5.74) is 1.83. The van der Waals surface area contributed by atoms with Crippen LogP contribution in [0.5, 0.6) is 5.75 Å². The molecule has 0 atom stereocenters. The summed E-state index contributed by atoms with van der Waals surface area (Å²) in [6, 6.07) is 12.3. The molecule has 1 aliphatic heterocycles. The molecule has 3 rings (SSSR count). The number of carbonyl (C=O) groups excluding carboxylic acids is 2. The van der Waals surface area contributed by atoms with Gasteiger partial charge in [0.15, 0.2) is 0 Å². The van der Waals surface area contributed by atoms with Crippen LogP contribution in [0.25, 0.3) is 0 Å². The minimum atomic E-state index is -0.213. The highest BCUT2D eigenvalue weighted by Crippen LogP contribution is 2.27. The largest absolute Gasteiger partial charge is 0.492 e. The Hall–Kier alpha value is -2.34. The number of nitrogens with zero attached hydrogens (tertiary/aromatic N) is 1. The van der Waals surface area contributed by atoms with Crippen LogP contribution in [0.1, 0.15) is 47.4 Å². The number of ether oxygens (including phenoxy) is 1. The normalized spacial score (nSPS) is 13.6. The molecule has 2 aromatic rings. The fourth-order valence-corrected chi connectivity index (χ4v) is 3.51. The first-order valence-corrected chi connectivity index (χ1v) is 10.4. The molecule has 1 heterocycles. The second-order valence-corrected chi connectivity index (χ2v) is 8.24. The van der Waals surface area contributed by atoms with E-state index in [1.54, 1.807) is 42.5 Å². The Kier molecular flexibility index (Phi) is 6.73. The van der Waals surface area contributed by atoms with Crippen LogP contribution < -0.4 is 10.1 Å². The van der Waals surface area contributed by atoms with Gasteiger partial charge in [-0.05, 0) is 77.2 Å². The first-order chi connectivity index (χ1) is 13.4. The van der Waals surface area contributed by atoms with Gasteiger partial charge in [-0.25, -0.2) is 0 Å². The maximum Gasteiger partial charge on any atom is 0.255 e. The highest BCUT2D eigenvalue weighted by atomic mass is 79.9. The number of halogens is 1. The van der Waals surface area contributed by atoms with Crippen LogP contribution in [-0.2, 0) is 0 Å². The van der Waals surface area contributed by atoms with E-state index < -0.39 is 0 Å². The minimum absolute atomic E-state index is 0.0521. The molecule has 1 aliphatic rings. The lowest BCUT2D eigenvalue weighted by molar-refractivity contribution is 0.0792. The van der Waals surface area contributed by atoms with E-state index in [1.807, 2.05) is 4.90 Å². The van der Waals surface area contributed by atoms with E-state index in [0.29, 0.717) is 29.3 Å². The van der Waals surface area contributed by atoms with Crippen LogP contribution in [0.3, 0.4) is 0 Å². The maximum absolute atomic E-state index is 12.5. The first-order valence-electron chi connectivity index (χ1n) is 9.57. The van der Waals surface area contributed by atoms with Crippen molar-refractivity contribution >= 4 is 33.4 Å². The molecule has 1 saturated heterocycles. The maximum atomic E-state index is 12.5. The zero-order valence-corrected chi connectivity index (χ0v) is 17.8. The van der Waals surface area contributed by atoms with E-state index in [9.17, 15) is 9.59 Å². The summed E-state index contributed by atoms with van der Waals surface area (Å²) >= 11 is 3.46. The highest BCUT2D eigenvalue weighted by Gasteiger charge is 2.19. The average molecular weight is 445 g/mol. The Morgan fingerprint density at radius 2 is 1.71 bits per heavy atom.